The molecule has 1 N–H and O–H groups in total. The summed E-state index contributed by atoms with van der Waals surface area (Å²) in [4.78, 5) is 14.8. The van der Waals surface area contributed by atoms with Gasteiger partial charge in [-0.1, -0.05) is 32.0 Å². The van der Waals surface area contributed by atoms with Gasteiger partial charge < -0.3 is 5.11 Å². The summed E-state index contributed by atoms with van der Waals surface area (Å²) >= 11 is 1.20. The minimum Gasteiger partial charge on any atom is -0.481 e. The fourth-order valence-electron chi connectivity index (χ4n) is 1.41. The van der Waals surface area contributed by atoms with E-state index in [2.05, 4.69) is 23.9 Å². The topological polar surface area (TPSA) is 68.0 Å². The van der Waals surface area contributed by atoms with Crippen molar-refractivity contribution in [3.8, 4) is 0 Å². The van der Waals surface area contributed by atoms with E-state index in [0.29, 0.717) is 11.1 Å². The average Bonchev–Trinajstić information content (AvgIpc) is 2.57. The Labute approximate surface area is 99.3 Å². The van der Waals surface area contributed by atoms with E-state index in [1.807, 2.05) is 0 Å². The van der Waals surface area contributed by atoms with Crippen LogP contribution in [-0.4, -0.2) is 31.6 Å². The number of thioether (sulfide) groups is 1. The Bertz CT molecular complexity index is 365. The molecule has 0 saturated heterocycles. The van der Waals surface area contributed by atoms with Gasteiger partial charge in [-0.2, -0.15) is 5.10 Å². The summed E-state index contributed by atoms with van der Waals surface area (Å²) in [5, 5.41) is 13.6. The molecule has 0 saturated carbocycles. The Morgan fingerprint density at radius 2 is 2.31 bits per heavy atom. The van der Waals surface area contributed by atoms with Crippen molar-refractivity contribution in [1.29, 1.82) is 0 Å². The maximum absolute atomic E-state index is 10.4. The molecule has 1 rings (SSSR count). The van der Waals surface area contributed by atoms with Crippen molar-refractivity contribution in [1.82, 2.24) is 14.8 Å². The standard InChI is InChI=1S/C10H17N3O2S/c1-4-5-7(2)9-11-10(13(3)12-9)16-6-8(14)15/h7H,4-6H2,1-3H3,(H,14,15). The highest BCUT2D eigenvalue weighted by Crippen LogP contribution is 2.21. The summed E-state index contributed by atoms with van der Waals surface area (Å²) in [6.07, 6.45) is 2.14. The van der Waals surface area contributed by atoms with Gasteiger partial charge in [0, 0.05) is 13.0 Å². The maximum atomic E-state index is 10.4. The van der Waals surface area contributed by atoms with Crippen LogP contribution in [0.4, 0.5) is 0 Å². The highest BCUT2D eigenvalue weighted by atomic mass is 32.2. The molecule has 16 heavy (non-hydrogen) atoms. The number of carboxylic acid groups (broad SMARTS) is 1. The van der Waals surface area contributed by atoms with Crippen molar-refractivity contribution in [3.63, 3.8) is 0 Å². The molecule has 0 aliphatic heterocycles. The number of hydrogen-bond acceptors (Lipinski definition) is 4. The predicted molar refractivity (Wildman–Crippen MR) is 62.7 cm³/mol. The fourth-order valence-corrected chi connectivity index (χ4v) is 2.05. The van der Waals surface area contributed by atoms with Gasteiger partial charge in [0.25, 0.3) is 0 Å². The Morgan fingerprint density at radius 3 is 2.88 bits per heavy atom. The van der Waals surface area contributed by atoms with Crippen LogP contribution in [0, 0.1) is 0 Å². The van der Waals surface area contributed by atoms with Crippen LogP contribution in [0.15, 0.2) is 5.16 Å². The first kappa shape index (κ1) is 13.0. The van der Waals surface area contributed by atoms with E-state index < -0.39 is 5.97 Å². The van der Waals surface area contributed by atoms with Crippen molar-refractivity contribution < 1.29 is 9.90 Å². The number of carboxylic acids is 1. The molecule has 1 aromatic rings. The first-order valence-corrected chi connectivity index (χ1v) is 6.28. The Morgan fingerprint density at radius 1 is 1.62 bits per heavy atom. The molecule has 0 aliphatic rings. The van der Waals surface area contributed by atoms with Gasteiger partial charge in [0.05, 0.1) is 5.75 Å². The van der Waals surface area contributed by atoms with Gasteiger partial charge in [-0.15, -0.1) is 0 Å². The monoisotopic (exact) mass is 243 g/mol. The Hall–Kier alpha value is -1.04. The van der Waals surface area contributed by atoms with Crippen LogP contribution in [0.2, 0.25) is 0 Å². The average molecular weight is 243 g/mol. The zero-order valence-corrected chi connectivity index (χ0v) is 10.6. The highest BCUT2D eigenvalue weighted by Gasteiger charge is 2.14. The lowest BCUT2D eigenvalue weighted by Gasteiger charge is -2.02. The first-order valence-electron chi connectivity index (χ1n) is 5.30. The van der Waals surface area contributed by atoms with Crippen molar-refractivity contribution in [3.05, 3.63) is 5.82 Å². The first-order chi connectivity index (χ1) is 7.54. The van der Waals surface area contributed by atoms with Crippen LogP contribution in [0.1, 0.15) is 38.4 Å². The van der Waals surface area contributed by atoms with Crippen LogP contribution in [-0.2, 0) is 11.8 Å². The number of nitrogens with zero attached hydrogens (tertiary/aromatic N) is 3. The molecule has 1 atom stereocenters. The molecule has 5 nitrogen and oxygen atoms in total. The van der Waals surface area contributed by atoms with Gasteiger partial charge in [0.1, 0.15) is 0 Å². The van der Waals surface area contributed by atoms with Gasteiger partial charge in [-0.3, -0.25) is 4.79 Å². The summed E-state index contributed by atoms with van der Waals surface area (Å²) in [6, 6.07) is 0. The van der Waals surface area contributed by atoms with Crippen LogP contribution in [0.25, 0.3) is 0 Å². The quantitative estimate of drug-likeness (QED) is 0.773. The van der Waals surface area contributed by atoms with Gasteiger partial charge >= 0.3 is 5.97 Å². The minimum absolute atomic E-state index is 0.0220. The zero-order chi connectivity index (χ0) is 12.1. The van der Waals surface area contributed by atoms with Crippen molar-refractivity contribution in [2.45, 2.75) is 37.8 Å². The lowest BCUT2D eigenvalue weighted by Crippen LogP contribution is -2.00. The summed E-state index contributed by atoms with van der Waals surface area (Å²) in [6.45, 7) is 4.21. The Kier molecular flexibility index (Phi) is 4.79. The third-order valence-electron chi connectivity index (χ3n) is 2.23. The van der Waals surface area contributed by atoms with E-state index in [1.54, 1.807) is 11.7 Å². The van der Waals surface area contributed by atoms with Gasteiger partial charge in [-0.05, 0) is 6.42 Å². The predicted octanol–water partition coefficient (Wildman–Crippen LogP) is 1.90. The van der Waals surface area contributed by atoms with E-state index in [0.717, 1.165) is 18.7 Å². The number of rotatable bonds is 6. The molecule has 0 bridgehead atoms. The molecular formula is C10H17N3O2S. The largest absolute Gasteiger partial charge is 0.481 e. The van der Waals surface area contributed by atoms with Crippen molar-refractivity contribution in [2.24, 2.45) is 7.05 Å². The minimum atomic E-state index is -0.837. The SMILES string of the molecule is CCCC(C)c1nc(SCC(=O)O)n(C)n1. The maximum Gasteiger partial charge on any atom is 0.313 e. The number of aromatic nitrogens is 3. The zero-order valence-electron chi connectivity index (χ0n) is 9.80. The number of aliphatic carboxylic acids is 1. The smallest absolute Gasteiger partial charge is 0.313 e. The van der Waals surface area contributed by atoms with E-state index >= 15 is 0 Å². The number of aryl methyl sites for hydroxylation is 1. The molecule has 90 valence electrons. The van der Waals surface area contributed by atoms with Crippen molar-refractivity contribution >= 4 is 17.7 Å². The normalized spacial score (nSPS) is 12.7. The van der Waals surface area contributed by atoms with Crippen LogP contribution in [0.5, 0.6) is 0 Å². The van der Waals surface area contributed by atoms with E-state index in [-0.39, 0.29) is 5.75 Å². The van der Waals surface area contributed by atoms with E-state index in [4.69, 9.17) is 5.11 Å². The molecule has 0 aliphatic carbocycles. The van der Waals surface area contributed by atoms with Gasteiger partial charge in [0.2, 0.25) is 0 Å². The molecule has 1 aromatic heterocycles. The molecule has 1 unspecified atom stereocenters. The van der Waals surface area contributed by atoms with Crippen LogP contribution < -0.4 is 0 Å². The van der Waals surface area contributed by atoms with E-state index in [1.165, 1.54) is 11.8 Å². The van der Waals surface area contributed by atoms with Crippen LogP contribution >= 0.6 is 11.8 Å². The second kappa shape index (κ2) is 5.89. The lowest BCUT2D eigenvalue weighted by atomic mass is 10.1. The molecule has 0 fully saturated rings. The van der Waals surface area contributed by atoms with Gasteiger partial charge in [0.15, 0.2) is 11.0 Å². The summed E-state index contributed by atoms with van der Waals surface area (Å²) in [5.74, 6) is 0.317. The molecule has 0 amide bonds. The summed E-state index contributed by atoms with van der Waals surface area (Å²) in [7, 11) is 1.79. The fraction of sp³-hybridized carbons (Fsp3) is 0.700. The van der Waals surface area contributed by atoms with Gasteiger partial charge in [-0.25, -0.2) is 9.67 Å². The third kappa shape index (κ3) is 3.52. The molecular weight excluding hydrogens is 226 g/mol. The molecule has 0 aromatic carbocycles. The lowest BCUT2D eigenvalue weighted by molar-refractivity contribution is -0.133. The molecule has 6 heteroatoms. The molecule has 1 heterocycles. The summed E-state index contributed by atoms with van der Waals surface area (Å²) < 4.78 is 1.65. The second-order valence-electron chi connectivity index (χ2n) is 3.75. The molecule has 0 spiro atoms. The summed E-state index contributed by atoms with van der Waals surface area (Å²) in [5.41, 5.74) is 0. The second-order valence-corrected chi connectivity index (χ2v) is 4.69. The van der Waals surface area contributed by atoms with E-state index in [9.17, 15) is 4.79 Å². The molecule has 0 radical (unpaired) electrons. The number of carbonyl (C=O) groups is 1. The highest BCUT2D eigenvalue weighted by molar-refractivity contribution is 7.99. The van der Waals surface area contributed by atoms with Crippen LogP contribution in [0.3, 0.4) is 0 Å². The third-order valence-corrected chi connectivity index (χ3v) is 3.23. The number of hydrogen-bond donors (Lipinski definition) is 1. The Balaban J connectivity index is 2.69. The van der Waals surface area contributed by atoms with Crippen molar-refractivity contribution in [2.75, 3.05) is 5.75 Å².